The number of nitrogens with one attached hydrogen (secondary N) is 2. The zero-order valence-electron chi connectivity index (χ0n) is 15.0. The molecule has 5 heterocycles. The number of pyridine rings is 1. The molecular formula is C18H21N7OS. The van der Waals surface area contributed by atoms with E-state index in [0.717, 1.165) is 70.2 Å². The van der Waals surface area contributed by atoms with E-state index in [1.807, 2.05) is 6.07 Å². The van der Waals surface area contributed by atoms with Crippen LogP contribution in [0.1, 0.15) is 12.2 Å². The lowest BCUT2D eigenvalue weighted by molar-refractivity contribution is 0.0177. The van der Waals surface area contributed by atoms with Crippen molar-refractivity contribution < 1.29 is 4.74 Å². The van der Waals surface area contributed by atoms with Crippen molar-refractivity contribution in [1.29, 1.82) is 0 Å². The highest BCUT2D eigenvalue weighted by atomic mass is 32.1. The van der Waals surface area contributed by atoms with Gasteiger partial charge in [-0.3, -0.25) is 5.10 Å². The third-order valence-corrected chi connectivity index (χ3v) is 6.17. The Morgan fingerprint density at radius 3 is 3.00 bits per heavy atom. The Morgan fingerprint density at radius 2 is 2.26 bits per heavy atom. The van der Waals surface area contributed by atoms with Gasteiger partial charge < -0.3 is 20.4 Å². The summed E-state index contributed by atoms with van der Waals surface area (Å²) in [5, 5.41) is 10.3. The van der Waals surface area contributed by atoms with Gasteiger partial charge in [0.15, 0.2) is 5.82 Å². The van der Waals surface area contributed by atoms with Crippen molar-refractivity contribution in [2.24, 2.45) is 7.05 Å². The summed E-state index contributed by atoms with van der Waals surface area (Å²) in [7, 11) is 2.05. The fourth-order valence-corrected chi connectivity index (χ4v) is 4.56. The molecule has 0 unspecified atom stereocenters. The molecule has 1 fully saturated rings. The largest absolute Gasteiger partial charge is 0.382 e. The predicted molar refractivity (Wildman–Crippen MR) is 107 cm³/mol. The SMILES string of the molecule is Cn1c(CCCOC2CNC2)nc2c(N)nc3cc(-c4ccn[nH]4)sc3c21. The highest BCUT2D eigenvalue weighted by molar-refractivity contribution is 7.23. The van der Waals surface area contributed by atoms with E-state index in [0.29, 0.717) is 11.9 Å². The Morgan fingerprint density at radius 1 is 1.37 bits per heavy atom. The molecule has 5 rings (SSSR count). The van der Waals surface area contributed by atoms with Crippen LogP contribution in [0.4, 0.5) is 5.82 Å². The number of nitrogen functional groups attached to an aromatic ring is 1. The van der Waals surface area contributed by atoms with Crippen LogP contribution < -0.4 is 11.1 Å². The van der Waals surface area contributed by atoms with Gasteiger partial charge in [0.05, 0.1) is 32.4 Å². The summed E-state index contributed by atoms with van der Waals surface area (Å²) >= 11 is 1.68. The summed E-state index contributed by atoms with van der Waals surface area (Å²) in [4.78, 5) is 10.4. The summed E-state index contributed by atoms with van der Waals surface area (Å²) < 4.78 is 9.05. The Balaban J connectivity index is 1.48. The molecule has 0 atom stereocenters. The number of nitrogens with zero attached hydrogens (tertiary/aromatic N) is 4. The molecule has 4 aromatic rings. The molecule has 0 bridgehead atoms. The fraction of sp³-hybridized carbons (Fsp3) is 0.389. The number of hydrogen-bond acceptors (Lipinski definition) is 7. The second kappa shape index (κ2) is 6.59. The van der Waals surface area contributed by atoms with E-state index in [-0.39, 0.29) is 0 Å². The average molecular weight is 383 g/mol. The van der Waals surface area contributed by atoms with Crippen molar-refractivity contribution in [1.82, 2.24) is 30.0 Å². The first-order chi connectivity index (χ1) is 13.2. The first kappa shape index (κ1) is 16.7. The van der Waals surface area contributed by atoms with Crippen LogP contribution >= 0.6 is 11.3 Å². The first-order valence-corrected chi connectivity index (χ1v) is 9.88. The van der Waals surface area contributed by atoms with Crippen LogP contribution in [0.15, 0.2) is 18.3 Å². The van der Waals surface area contributed by atoms with Gasteiger partial charge in [0.1, 0.15) is 11.3 Å². The van der Waals surface area contributed by atoms with Crippen LogP contribution in [-0.4, -0.2) is 50.5 Å². The molecule has 1 aliphatic heterocycles. The van der Waals surface area contributed by atoms with Gasteiger partial charge in [-0.05, 0) is 18.6 Å². The van der Waals surface area contributed by atoms with E-state index in [2.05, 4.69) is 38.2 Å². The molecule has 1 saturated heterocycles. The lowest BCUT2D eigenvalue weighted by atomic mass is 10.2. The summed E-state index contributed by atoms with van der Waals surface area (Å²) in [6.07, 6.45) is 3.91. The molecule has 0 amide bonds. The molecule has 0 radical (unpaired) electrons. The number of thiophene rings is 1. The van der Waals surface area contributed by atoms with E-state index in [1.165, 1.54) is 0 Å². The maximum atomic E-state index is 6.22. The number of nitrogens with two attached hydrogens (primary N) is 1. The van der Waals surface area contributed by atoms with Gasteiger partial charge in [-0.15, -0.1) is 11.3 Å². The molecule has 0 spiro atoms. The van der Waals surface area contributed by atoms with Crippen LogP contribution in [0.5, 0.6) is 0 Å². The highest BCUT2D eigenvalue weighted by Crippen LogP contribution is 2.37. The lowest BCUT2D eigenvalue weighted by Crippen LogP contribution is -2.48. The van der Waals surface area contributed by atoms with Crippen LogP contribution in [-0.2, 0) is 18.2 Å². The molecule has 8 nitrogen and oxygen atoms in total. The van der Waals surface area contributed by atoms with Gasteiger partial charge >= 0.3 is 0 Å². The van der Waals surface area contributed by atoms with Crippen molar-refractivity contribution >= 4 is 38.4 Å². The zero-order valence-corrected chi connectivity index (χ0v) is 15.8. The summed E-state index contributed by atoms with van der Waals surface area (Å²) in [6.45, 7) is 2.68. The van der Waals surface area contributed by atoms with Crippen molar-refractivity contribution in [3.8, 4) is 10.6 Å². The third-order valence-electron chi connectivity index (χ3n) is 5.01. The standard InChI is InChI=1S/C18H21N7OS/c1-25-14(3-2-6-26-10-8-20-9-10)23-15-16(25)17-12(22-18(15)19)7-13(27-17)11-4-5-21-24-11/h4-5,7,10,20H,2-3,6,8-9H2,1H3,(H2,19,22)(H,21,24). The van der Waals surface area contributed by atoms with Crippen LogP contribution in [0.3, 0.4) is 0 Å². The molecule has 27 heavy (non-hydrogen) atoms. The van der Waals surface area contributed by atoms with Gasteiger partial charge in [0.2, 0.25) is 0 Å². The minimum Gasteiger partial charge on any atom is -0.382 e. The number of hydrogen-bond donors (Lipinski definition) is 3. The van der Waals surface area contributed by atoms with Crippen LogP contribution in [0.25, 0.3) is 31.8 Å². The Hall–Kier alpha value is -2.49. The zero-order chi connectivity index (χ0) is 18.4. The van der Waals surface area contributed by atoms with Crippen molar-refractivity contribution in [2.45, 2.75) is 18.9 Å². The normalized spacial score (nSPS) is 15.0. The monoisotopic (exact) mass is 383 g/mol. The Kier molecular flexibility index (Phi) is 4.07. The first-order valence-electron chi connectivity index (χ1n) is 9.07. The van der Waals surface area contributed by atoms with E-state index in [4.69, 9.17) is 15.5 Å². The number of H-pyrrole nitrogens is 1. The molecule has 0 aromatic carbocycles. The van der Waals surface area contributed by atoms with Crippen molar-refractivity contribution in [3.05, 3.63) is 24.2 Å². The van der Waals surface area contributed by atoms with Crippen LogP contribution in [0, 0.1) is 0 Å². The Bertz CT molecular complexity index is 1090. The topological polar surface area (TPSA) is 107 Å². The summed E-state index contributed by atoms with van der Waals surface area (Å²) in [5.74, 6) is 1.49. The molecule has 0 saturated carbocycles. The number of imidazole rings is 1. The van der Waals surface area contributed by atoms with E-state index < -0.39 is 0 Å². The van der Waals surface area contributed by atoms with E-state index in [9.17, 15) is 0 Å². The number of ether oxygens (including phenoxy) is 1. The van der Waals surface area contributed by atoms with Gasteiger partial charge in [-0.2, -0.15) is 5.10 Å². The number of fused-ring (bicyclic) bond motifs is 3. The summed E-state index contributed by atoms with van der Waals surface area (Å²) in [5.41, 5.74) is 9.92. The average Bonchev–Trinajstić information content (AvgIpc) is 3.32. The number of aryl methyl sites for hydroxylation is 2. The lowest BCUT2D eigenvalue weighted by Gasteiger charge is -2.27. The second-order valence-corrected chi connectivity index (χ2v) is 7.88. The number of aromatic amines is 1. The Labute approximate surface area is 159 Å². The van der Waals surface area contributed by atoms with E-state index >= 15 is 0 Å². The minimum atomic E-state index is 0.372. The molecule has 9 heteroatoms. The maximum absolute atomic E-state index is 6.22. The van der Waals surface area contributed by atoms with Gasteiger partial charge in [0.25, 0.3) is 0 Å². The molecule has 0 aliphatic carbocycles. The van der Waals surface area contributed by atoms with E-state index in [1.54, 1.807) is 17.5 Å². The fourth-order valence-electron chi connectivity index (χ4n) is 3.41. The predicted octanol–water partition coefficient (Wildman–Crippen LogP) is 2.08. The number of rotatable bonds is 6. The number of aromatic nitrogens is 5. The third kappa shape index (κ3) is 2.88. The molecular weight excluding hydrogens is 362 g/mol. The molecule has 4 N–H and O–H groups in total. The quantitative estimate of drug-likeness (QED) is 0.440. The molecule has 1 aliphatic rings. The van der Waals surface area contributed by atoms with Crippen LogP contribution in [0.2, 0.25) is 0 Å². The summed E-state index contributed by atoms with van der Waals surface area (Å²) in [6, 6.07) is 4.01. The highest BCUT2D eigenvalue weighted by Gasteiger charge is 2.19. The second-order valence-electron chi connectivity index (χ2n) is 6.83. The maximum Gasteiger partial charge on any atom is 0.152 e. The molecule has 4 aromatic heterocycles. The minimum absolute atomic E-state index is 0.372. The smallest absolute Gasteiger partial charge is 0.152 e. The van der Waals surface area contributed by atoms with Gasteiger partial charge in [-0.25, -0.2) is 9.97 Å². The van der Waals surface area contributed by atoms with Gasteiger partial charge in [-0.1, -0.05) is 0 Å². The molecule has 140 valence electrons. The number of anilines is 1. The van der Waals surface area contributed by atoms with Crippen molar-refractivity contribution in [2.75, 3.05) is 25.4 Å². The van der Waals surface area contributed by atoms with Gasteiger partial charge in [0, 0.05) is 39.4 Å². The van der Waals surface area contributed by atoms with Crippen molar-refractivity contribution in [3.63, 3.8) is 0 Å².